The van der Waals surface area contributed by atoms with Crippen molar-refractivity contribution in [3.8, 4) is 0 Å². The van der Waals surface area contributed by atoms with Gasteiger partial charge >= 0.3 is 0 Å². The van der Waals surface area contributed by atoms with Gasteiger partial charge in [-0.25, -0.2) is 0 Å². The summed E-state index contributed by atoms with van der Waals surface area (Å²) in [4.78, 5) is 5.19. The number of ether oxygens (including phenoxy) is 1. The van der Waals surface area contributed by atoms with Gasteiger partial charge in [0.05, 0.1) is 19.3 Å². The Morgan fingerprint density at radius 1 is 1.26 bits per heavy atom. The maximum Gasteiger partial charge on any atom is 0.0859 e. The summed E-state index contributed by atoms with van der Waals surface area (Å²) in [6.07, 6.45) is 0. The summed E-state index contributed by atoms with van der Waals surface area (Å²) in [7, 11) is 0. The van der Waals surface area contributed by atoms with Crippen molar-refractivity contribution in [2.24, 2.45) is 5.11 Å². The van der Waals surface area contributed by atoms with Crippen molar-refractivity contribution in [2.45, 2.75) is 19.9 Å². The number of hydrogen-bond acceptors (Lipinski definition) is 3. The Balaban J connectivity index is 2.41. The van der Waals surface area contributed by atoms with Crippen molar-refractivity contribution in [1.29, 1.82) is 0 Å². The summed E-state index contributed by atoms with van der Waals surface area (Å²) < 4.78 is 5.63. The van der Waals surface area contributed by atoms with Gasteiger partial charge in [-0.15, -0.1) is 0 Å². The highest BCUT2D eigenvalue weighted by Gasteiger charge is 2.09. The van der Waals surface area contributed by atoms with Crippen LogP contribution in [0.5, 0.6) is 0 Å². The van der Waals surface area contributed by atoms with Gasteiger partial charge in [0.2, 0.25) is 0 Å². The Morgan fingerprint density at radius 3 is 2.53 bits per heavy atom. The van der Waals surface area contributed by atoms with E-state index < -0.39 is 0 Å². The molecular weight excluding hydrogens is 240 g/mol. The normalized spacial score (nSPS) is 12.2. The molecule has 0 bridgehead atoms. The highest BCUT2D eigenvalue weighted by atomic mass is 16.5. The quantitative estimate of drug-likeness (QED) is 0.296. The Bertz CT molecular complexity index is 386. The van der Waals surface area contributed by atoms with Gasteiger partial charge in [-0.05, 0) is 24.2 Å². The lowest BCUT2D eigenvalue weighted by Gasteiger charge is -2.18. The topological polar surface area (TPSA) is 61.2 Å². The van der Waals surface area contributed by atoms with E-state index in [1.807, 2.05) is 30.3 Å². The lowest BCUT2D eigenvalue weighted by atomic mass is 10.1. The van der Waals surface area contributed by atoms with Crippen LogP contribution in [-0.4, -0.2) is 37.7 Å². The number of benzene rings is 1. The van der Waals surface area contributed by atoms with E-state index >= 15 is 0 Å². The van der Waals surface area contributed by atoms with Crippen LogP contribution in [0.1, 0.15) is 25.5 Å². The molecule has 0 aromatic heterocycles. The van der Waals surface area contributed by atoms with Gasteiger partial charge < -0.3 is 9.64 Å². The largest absolute Gasteiger partial charge is 0.379 e. The summed E-state index contributed by atoms with van der Waals surface area (Å²) in [5, 5.41) is 3.79. The minimum Gasteiger partial charge on any atom is -0.379 e. The second-order valence-electron chi connectivity index (χ2n) is 4.23. The zero-order valence-corrected chi connectivity index (χ0v) is 11.7. The van der Waals surface area contributed by atoms with Gasteiger partial charge in [0.1, 0.15) is 0 Å². The van der Waals surface area contributed by atoms with Crippen LogP contribution in [0.3, 0.4) is 0 Å². The molecule has 0 aliphatic rings. The molecule has 0 saturated carbocycles. The van der Waals surface area contributed by atoms with Crippen LogP contribution in [-0.2, 0) is 4.74 Å². The predicted molar refractivity (Wildman–Crippen MR) is 76.9 cm³/mol. The average Bonchev–Trinajstić information content (AvgIpc) is 2.47. The first-order valence-corrected chi connectivity index (χ1v) is 6.71. The number of hydrogen-bond donors (Lipinski definition) is 0. The third kappa shape index (κ3) is 5.75. The van der Waals surface area contributed by atoms with Crippen molar-refractivity contribution < 1.29 is 4.74 Å². The highest BCUT2D eigenvalue weighted by Crippen LogP contribution is 2.17. The van der Waals surface area contributed by atoms with E-state index in [4.69, 9.17) is 10.3 Å². The number of nitrogens with zero attached hydrogens (tertiary/aromatic N) is 4. The smallest absolute Gasteiger partial charge is 0.0859 e. The first-order valence-electron chi connectivity index (χ1n) is 6.71. The fraction of sp³-hybridized carbons (Fsp3) is 0.571. The van der Waals surface area contributed by atoms with Crippen LogP contribution in [0, 0.1) is 0 Å². The van der Waals surface area contributed by atoms with Gasteiger partial charge in [-0.1, -0.05) is 49.3 Å². The van der Waals surface area contributed by atoms with Crippen LogP contribution in [0.2, 0.25) is 0 Å². The molecule has 1 rings (SSSR count). The molecular formula is C14H22N4O. The maximum atomic E-state index is 8.61. The van der Waals surface area contributed by atoms with E-state index in [0.717, 1.165) is 25.2 Å². The molecule has 1 aromatic rings. The van der Waals surface area contributed by atoms with Crippen LogP contribution >= 0.6 is 0 Å². The first kappa shape index (κ1) is 15.5. The van der Waals surface area contributed by atoms with E-state index in [1.54, 1.807) is 0 Å². The standard InChI is InChI=1S/C14H22N4O/c1-3-18(4-2)10-11-19-12-14(16-17-15)13-8-6-5-7-9-13/h5-9,14H,3-4,10-12H2,1-2H3. The SMILES string of the molecule is CCN(CC)CCOCC(N=[N+]=[N-])c1ccccc1. The van der Waals surface area contributed by atoms with Crippen LogP contribution < -0.4 is 0 Å². The zero-order valence-electron chi connectivity index (χ0n) is 11.7. The highest BCUT2D eigenvalue weighted by molar-refractivity contribution is 5.19. The molecule has 0 spiro atoms. The zero-order chi connectivity index (χ0) is 13.9. The lowest BCUT2D eigenvalue weighted by Crippen LogP contribution is -2.27. The van der Waals surface area contributed by atoms with Crippen molar-refractivity contribution in [3.05, 3.63) is 46.3 Å². The molecule has 0 saturated heterocycles. The van der Waals surface area contributed by atoms with Crippen molar-refractivity contribution in [2.75, 3.05) is 32.8 Å². The fourth-order valence-corrected chi connectivity index (χ4v) is 1.86. The van der Waals surface area contributed by atoms with Gasteiger partial charge in [0.15, 0.2) is 0 Å². The summed E-state index contributed by atoms with van der Waals surface area (Å²) >= 11 is 0. The Morgan fingerprint density at radius 2 is 1.95 bits per heavy atom. The molecule has 0 aliphatic heterocycles. The van der Waals surface area contributed by atoms with E-state index in [9.17, 15) is 0 Å². The van der Waals surface area contributed by atoms with E-state index in [0.29, 0.717) is 13.2 Å². The molecule has 0 radical (unpaired) electrons. The molecule has 1 atom stereocenters. The summed E-state index contributed by atoms with van der Waals surface area (Å²) in [6.45, 7) is 8.31. The second-order valence-corrected chi connectivity index (χ2v) is 4.23. The predicted octanol–water partition coefficient (Wildman–Crippen LogP) is 3.40. The molecule has 0 aliphatic carbocycles. The molecule has 19 heavy (non-hydrogen) atoms. The minimum absolute atomic E-state index is 0.247. The minimum atomic E-state index is -0.247. The van der Waals surface area contributed by atoms with Gasteiger partial charge in [-0.3, -0.25) is 0 Å². The van der Waals surface area contributed by atoms with E-state index in [2.05, 4.69) is 28.8 Å². The third-order valence-electron chi connectivity index (χ3n) is 3.10. The average molecular weight is 262 g/mol. The molecule has 104 valence electrons. The monoisotopic (exact) mass is 262 g/mol. The summed E-state index contributed by atoms with van der Waals surface area (Å²) in [5.41, 5.74) is 9.60. The number of rotatable bonds is 9. The lowest BCUT2D eigenvalue weighted by molar-refractivity contribution is 0.0969. The Kier molecular flexibility index (Phi) is 7.66. The number of likely N-dealkylation sites (N-methyl/N-ethyl adjacent to an activating group) is 1. The Labute approximate surface area is 114 Å². The van der Waals surface area contributed by atoms with Gasteiger partial charge in [0, 0.05) is 11.5 Å². The van der Waals surface area contributed by atoms with Crippen molar-refractivity contribution >= 4 is 0 Å². The maximum absolute atomic E-state index is 8.61. The molecule has 1 aromatic carbocycles. The van der Waals surface area contributed by atoms with Gasteiger partial charge in [0.25, 0.3) is 0 Å². The van der Waals surface area contributed by atoms with E-state index in [-0.39, 0.29) is 6.04 Å². The third-order valence-corrected chi connectivity index (χ3v) is 3.10. The first-order chi connectivity index (χ1) is 9.31. The molecule has 1 unspecified atom stereocenters. The molecule has 0 fully saturated rings. The summed E-state index contributed by atoms with van der Waals surface area (Å²) in [6, 6.07) is 9.47. The van der Waals surface area contributed by atoms with Crippen LogP contribution in [0.15, 0.2) is 35.4 Å². The molecule has 5 nitrogen and oxygen atoms in total. The molecule has 5 heteroatoms. The second kappa shape index (κ2) is 9.39. The van der Waals surface area contributed by atoms with Crippen LogP contribution in [0.25, 0.3) is 10.4 Å². The van der Waals surface area contributed by atoms with Gasteiger partial charge in [-0.2, -0.15) is 0 Å². The van der Waals surface area contributed by atoms with Crippen LogP contribution in [0.4, 0.5) is 0 Å². The fourth-order valence-electron chi connectivity index (χ4n) is 1.86. The molecule has 0 amide bonds. The van der Waals surface area contributed by atoms with Crippen molar-refractivity contribution in [3.63, 3.8) is 0 Å². The van der Waals surface area contributed by atoms with Crippen molar-refractivity contribution in [1.82, 2.24) is 4.90 Å². The molecule has 0 N–H and O–H groups in total. The molecule has 0 heterocycles. The van der Waals surface area contributed by atoms with E-state index in [1.165, 1.54) is 0 Å². The summed E-state index contributed by atoms with van der Waals surface area (Å²) in [5.74, 6) is 0. The Hall–Kier alpha value is -1.55. The number of azide groups is 1.